The van der Waals surface area contributed by atoms with Crippen molar-refractivity contribution in [3.8, 4) is 0 Å². The minimum atomic E-state index is -0.297. The quantitative estimate of drug-likeness (QED) is 0.917. The molecule has 0 saturated carbocycles. The van der Waals surface area contributed by atoms with Gasteiger partial charge in [-0.2, -0.15) is 0 Å². The molecule has 0 spiro atoms. The van der Waals surface area contributed by atoms with Crippen LogP contribution in [0.5, 0.6) is 0 Å². The maximum atomic E-state index is 12.6. The van der Waals surface area contributed by atoms with Crippen LogP contribution in [0.4, 0.5) is 5.69 Å². The van der Waals surface area contributed by atoms with Gasteiger partial charge in [-0.1, -0.05) is 18.2 Å². The third-order valence-corrected chi connectivity index (χ3v) is 4.42. The molecule has 2 aliphatic rings. The maximum absolute atomic E-state index is 12.6. The predicted molar refractivity (Wildman–Crippen MR) is 86.9 cm³/mol. The normalized spacial score (nSPS) is 26.7. The molecular formula is C17H25N3O2. The number of amides is 1. The number of carbonyl (C=O) groups is 1. The monoisotopic (exact) mass is 303 g/mol. The van der Waals surface area contributed by atoms with E-state index < -0.39 is 0 Å². The lowest BCUT2D eigenvalue weighted by molar-refractivity contribution is -0.149. The van der Waals surface area contributed by atoms with Crippen LogP contribution in [0.1, 0.15) is 12.8 Å². The summed E-state index contributed by atoms with van der Waals surface area (Å²) in [5, 5.41) is 3.53. The van der Waals surface area contributed by atoms with Gasteiger partial charge >= 0.3 is 0 Å². The largest absolute Gasteiger partial charge is 0.381 e. The Hall–Kier alpha value is -1.59. The topological polar surface area (TPSA) is 44.8 Å². The first kappa shape index (κ1) is 15.3. The summed E-state index contributed by atoms with van der Waals surface area (Å²) in [5.41, 5.74) is 1.12. The van der Waals surface area contributed by atoms with Gasteiger partial charge in [-0.3, -0.25) is 4.79 Å². The fourth-order valence-electron chi connectivity index (χ4n) is 3.20. The lowest BCUT2D eigenvalue weighted by Crippen LogP contribution is -2.53. The summed E-state index contributed by atoms with van der Waals surface area (Å²) in [6.45, 7) is 3.85. The Balaban J connectivity index is 1.57. The number of rotatable bonds is 3. The molecule has 1 amide bonds. The van der Waals surface area contributed by atoms with E-state index in [1.807, 2.05) is 30.1 Å². The van der Waals surface area contributed by atoms with E-state index in [0.29, 0.717) is 19.2 Å². The second-order valence-electron chi connectivity index (χ2n) is 6.26. The van der Waals surface area contributed by atoms with Gasteiger partial charge in [0.2, 0.25) is 0 Å². The molecule has 2 saturated heterocycles. The Kier molecular flexibility index (Phi) is 4.95. The van der Waals surface area contributed by atoms with Crippen molar-refractivity contribution in [2.75, 3.05) is 45.2 Å². The van der Waals surface area contributed by atoms with Gasteiger partial charge < -0.3 is 19.9 Å². The highest BCUT2D eigenvalue weighted by atomic mass is 16.5. The lowest BCUT2D eigenvalue weighted by Gasteiger charge is -2.37. The number of hydrogen-bond acceptors (Lipinski definition) is 4. The SMILES string of the molecule is CN1CCO[C@@H](C(=O)N2CCC[C@H](Nc3ccccc3)C2)C1. The van der Waals surface area contributed by atoms with Crippen molar-refractivity contribution in [3.05, 3.63) is 30.3 Å². The van der Waals surface area contributed by atoms with Crippen molar-refractivity contribution >= 4 is 11.6 Å². The van der Waals surface area contributed by atoms with E-state index >= 15 is 0 Å². The van der Waals surface area contributed by atoms with Gasteiger partial charge in [0.25, 0.3) is 5.91 Å². The molecule has 2 atom stereocenters. The number of morpholine rings is 1. The first-order valence-electron chi connectivity index (χ1n) is 8.13. The second-order valence-corrected chi connectivity index (χ2v) is 6.26. The summed E-state index contributed by atoms with van der Waals surface area (Å²) in [5.74, 6) is 0.145. The molecule has 120 valence electrons. The number of ether oxygens (including phenoxy) is 1. The minimum Gasteiger partial charge on any atom is -0.381 e. The van der Waals surface area contributed by atoms with Gasteiger partial charge in [-0.05, 0) is 32.0 Å². The first-order chi connectivity index (χ1) is 10.7. The maximum Gasteiger partial charge on any atom is 0.253 e. The summed E-state index contributed by atoms with van der Waals surface area (Å²) in [6.07, 6.45) is 1.84. The number of likely N-dealkylation sites (N-methyl/N-ethyl adjacent to an activating group) is 1. The third-order valence-electron chi connectivity index (χ3n) is 4.42. The molecule has 1 aromatic rings. The Bertz CT molecular complexity index is 494. The molecule has 5 heteroatoms. The number of nitrogens with one attached hydrogen (secondary N) is 1. The number of benzene rings is 1. The van der Waals surface area contributed by atoms with Crippen molar-refractivity contribution < 1.29 is 9.53 Å². The van der Waals surface area contributed by atoms with Crippen molar-refractivity contribution in [2.24, 2.45) is 0 Å². The van der Waals surface area contributed by atoms with Crippen LogP contribution in [0.25, 0.3) is 0 Å². The molecule has 2 fully saturated rings. The van der Waals surface area contributed by atoms with Crippen LogP contribution in [0.2, 0.25) is 0 Å². The number of nitrogens with zero attached hydrogens (tertiary/aromatic N) is 2. The van der Waals surface area contributed by atoms with E-state index in [9.17, 15) is 4.79 Å². The number of anilines is 1. The molecule has 22 heavy (non-hydrogen) atoms. The Morgan fingerprint density at radius 3 is 2.82 bits per heavy atom. The van der Waals surface area contributed by atoms with E-state index in [2.05, 4.69) is 22.3 Å². The minimum absolute atomic E-state index is 0.145. The van der Waals surface area contributed by atoms with Crippen molar-refractivity contribution in [1.82, 2.24) is 9.80 Å². The number of carbonyl (C=O) groups excluding carboxylic acids is 1. The zero-order valence-corrected chi connectivity index (χ0v) is 13.2. The number of para-hydroxylation sites is 1. The molecule has 0 radical (unpaired) electrons. The zero-order chi connectivity index (χ0) is 15.4. The highest BCUT2D eigenvalue weighted by Crippen LogP contribution is 2.18. The Morgan fingerprint density at radius 1 is 1.23 bits per heavy atom. The highest BCUT2D eigenvalue weighted by molar-refractivity contribution is 5.81. The molecule has 0 aliphatic carbocycles. The predicted octanol–water partition coefficient (Wildman–Crippen LogP) is 1.42. The summed E-state index contributed by atoms with van der Waals surface area (Å²) >= 11 is 0. The van der Waals surface area contributed by atoms with Gasteiger partial charge in [-0.15, -0.1) is 0 Å². The molecule has 1 aromatic carbocycles. The third kappa shape index (κ3) is 3.78. The molecule has 0 aromatic heterocycles. The fraction of sp³-hybridized carbons (Fsp3) is 0.588. The van der Waals surface area contributed by atoms with E-state index in [4.69, 9.17) is 4.74 Å². The summed E-state index contributed by atoms with van der Waals surface area (Å²) < 4.78 is 5.66. The average Bonchev–Trinajstić information content (AvgIpc) is 2.55. The second kappa shape index (κ2) is 7.11. The molecule has 0 bridgehead atoms. The molecule has 3 rings (SSSR count). The van der Waals surface area contributed by atoms with Gasteiger partial charge in [0, 0.05) is 37.9 Å². The van der Waals surface area contributed by atoms with Crippen LogP contribution in [0.3, 0.4) is 0 Å². The number of likely N-dealkylation sites (tertiary alicyclic amines) is 1. The molecule has 5 nitrogen and oxygen atoms in total. The fourth-order valence-corrected chi connectivity index (χ4v) is 3.20. The van der Waals surface area contributed by atoms with Crippen molar-refractivity contribution in [3.63, 3.8) is 0 Å². The van der Waals surface area contributed by atoms with E-state index in [-0.39, 0.29) is 12.0 Å². The van der Waals surface area contributed by atoms with Crippen LogP contribution >= 0.6 is 0 Å². The van der Waals surface area contributed by atoms with Gasteiger partial charge in [-0.25, -0.2) is 0 Å². The summed E-state index contributed by atoms with van der Waals surface area (Å²) in [6, 6.07) is 10.5. The van der Waals surface area contributed by atoms with Crippen LogP contribution in [0.15, 0.2) is 30.3 Å². The lowest BCUT2D eigenvalue weighted by atomic mass is 10.0. The van der Waals surface area contributed by atoms with Crippen molar-refractivity contribution in [2.45, 2.75) is 25.0 Å². The molecule has 1 N–H and O–H groups in total. The smallest absolute Gasteiger partial charge is 0.253 e. The standard InChI is InChI=1S/C17H25N3O2/c1-19-10-11-22-16(13-19)17(21)20-9-5-8-15(12-20)18-14-6-3-2-4-7-14/h2-4,6-7,15-16,18H,5,8-13H2,1H3/t15-,16+/m0/s1. The van der Waals surface area contributed by atoms with Gasteiger partial charge in [0.1, 0.15) is 6.10 Å². The van der Waals surface area contributed by atoms with Crippen LogP contribution < -0.4 is 5.32 Å². The van der Waals surface area contributed by atoms with Crippen LogP contribution in [-0.2, 0) is 9.53 Å². The Labute approximate surface area is 132 Å². The van der Waals surface area contributed by atoms with Crippen LogP contribution in [0, 0.1) is 0 Å². The summed E-state index contributed by atoms with van der Waals surface area (Å²) in [7, 11) is 2.04. The van der Waals surface area contributed by atoms with E-state index in [1.54, 1.807) is 0 Å². The van der Waals surface area contributed by atoms with Gasteiger partial charge in [0.05, 0.1) is 6.61 Å². The molecular weight excluding hydrogens is 278 g/mol. The highest BCUT2D eigenvalue weighted by Gasteiger charge is 2.31. The average molecular weight is 303 g/mol. The Morgan fingerprint density at radius 2 is 2.05 bits per heavy atom. The van der Waals surface area contributed by atoms with Crippen molar-refractivity contribution in [1.29, 1.82) is 0 Å². The number of hydrogen-bond donors (Lipinski definition) is 1. The van der Waals surface area contributed by atoms with Crippen LogP contribution in [-0.4, -0.2) is 67.7 Å². The number of piperidine rings is 1. The van der Waals surface area contributed by atoms with E-state index in [1.165, 1.54) is 0 Å². The summed E-state index contributed by atoms with van der Waals surface area (Å²) in [4.78, 5) is 16.8. The zero-order valence-electron chi connectivity index (χ0n) is 13.2. The van der Waals surface area contributed by atoms with Gasteiger partial charge in [0.15, 0.2) is 0 Å². The van der Waals surface area contributed by atoms with E-state index in [0.717, 1.165) is 38.2 Å². The molecule has 2 heterocycles. The first-order valence-corrected chi connectivity index (χ1v) is 8.13. The molecule has 2 aliphatic heterocycles. The molecule has 0 unspecified atom stereocenters.